The highest BCUT2D eigenvalue weighted by Gasteiger charge is 2.25. The molecule has 1 aliphatic rings. The lowest BCUT2D eigenvalue weighted by molar-refractivity contribution is 0.316. The van der Waals surface area contributed by atoms with Gasteiger partial charge in [-0.25, -0.2) is 4.98 Å². The van der Waals surface area contributed by atoms with Crippen molar-refractivity contribution in [3.05, 3.63) is 16.1 Å². The maximum absolute atomic E-state index is 5.82. The van der Waals surface area contributed by atoms with Gasteiger partial charge in [0.1, 0.15) is 5.01 Å². The predicted octanol–water partition coefficient (Wildman–Crippen LogP) is 1.93. The average Bonchev–Trinajstić information content (AvgIpc) is 2.71. The second-order valence-electron chi connectivity index (χ2n) is 4.03. The monoisotopic (exact) mass is 211 g/mol. The Balaban J connectivity index is 2.16. The normalized spacial score (nSPS) is 25.5. The van der Waals surface area contributed by atoms with Gasteiger partial charge in [-0.15, -0.1) is 11.3 Å². The van der Waals surface area contributed by atoms with E-state index >= 15 is 0 Å². The number of hydrogen-bond acceptors (Lipinski definition) is 4. The molecule has 1 aromatic rings. The Hall–Kier alpha value is -0.450. The van der Waals surface area contributed by atoms with E-state index in [4.69, 9.17) is 5.73 Å². The highest BCUT2D eigenvalue weighted by atomic mass is 32.1. The van der Waals surface area contributed by atoms with Crippen LogP contribution >= 0.6 is 11.3 Å². The largest absolute Gasteiger partial charge is 0.323 e. The number of nitrogens with two attached hydrogens (primary N) is 1. The maximum Gasteiger partial charge on any atom is 0.110 e. The molecule has 2 atom stereocenters. The van der Waals surface area contributed by atoms with Crippen LogP contribution in [0.25, 0.3) is 0 Å². The molecule has 0 spiro atoms. The number of likely N-dealkylation sites (tertiary alicyclic amines) is 1. The first-order valence-electron chi connectivity index (χ1n) is 5.10. The van der Waals surface area contributed by atoms with Crippen molar-refractivity contribution in [2.45, 2.75) is 31.8 Å². The van der Waals surface area contributed by atoms with E-state index in [1.165, 1.54) is 29.3 Å². The minimum absolute atomic E-state index is 0.118. The highest BCUT2D eigenvalue weighted by molar-refractivity contribution is 7.11. The van der Waals surface area contributed by atoms with Crippen LogP contribution in [0.2, 0.25) is 0 Å². The molecule has 1 saturated heterocycles. The minimum atomic E-state index is 0.118. The smallest absolute Gasteiger partial charge is 0.110 e. The Bertz CT molecular complexity index is 308. The van der Waals surface area contributed by atoms with Crippen LogP contribution in [0.5, 0.6) is 0 Å². The number of thiazole rings is 1. The van der Waals surface area contributed by atoms with Gasteiger partial charge in [-0.2, -0.15) is 0 Å². The minimum Gasteiger partial charge on any atom is -0.323 e. The van der Waals surface area contributed by atoms with Crippen LogP contribution in [0, 0.1) is 0 Å². The van der Waals surface area contributed by atoms with Gasteiger partial charge in [-0.3, -0.25) is 4.90 Å². The molecular weight excluding hydrogens is 194 g/mol. The molecule has 2 rings (SSSR count). The zero-order chi connectivity index (χ0) is 10.1. The number of nitrogens with zero attached hydrogens (tertiary/aromatic N) is 2. The van der Waals surface area contributed by atoms with Gasteiger partial charge in [0.15, 0.2) is 0 Å². The number of aromatic nitrogens is 1. The van der Waals surface area contributed by atoms with E-state index in [0.717, 1.165) is 0 Å². The first kappa shape index (κ1) is 10.1. The summed E-state index contributed by atoms with van der Waals surface area (Å²) in [5.74, 6) is 0. The standard InChI is InChI=1S/C10H17N3S/c1-7(11)9-6-12-10(14-9)8-4-3-5-13(8)2/h6-8H,3-5,11H2,1-2H3. The third-order valence-electron chi connectivity index (χ3n) is 2.80. The summed E-state index contributed by atoms with van der Waals surface area (Å²) < 4.78 is 0. The van der Waals surface area contributed by atoms with Crippen LogP contribution < -0.4 is 5.73 Å². The summed E-state index contributed by atoms with van der Waals surface area (Å²) in [7, 11) is 2.17. The molecule has 0 aromatic carbocycles. The molecule has 0 amide bonds. The van der Waals surface area contributed by atoms with Gasteiger partial charge in [0.05, 0.1) is 6.04 Å². The van der Waals surface area contributed by atoms with E-state index in [9.17, 15) is 0 Å². The molecule has 2 heterocycles. The second kappa shape index (κ2) is 3.96. The molecule has 0 aliphatic carbocycles. The first-order valence-corrected chi connectivity index (χ1v) is 5.91. The molecule has 0 bridgehead atoms. The summed E-state index contributed by atoms with van der Waals surface area (Å²) in [6.45, 7) is 3.20. The summed E-state index contributed by atoms with van der Waals surface area (Å²) in [5, 5.41) is 1.23. The molecular formula is C10H17N3S. The van der Waals surface area contributed by atoms with Crippen molar-refractivity contribution < 1.29 is 0 Å². The maximum atomic E-state index is 5.82. The Morgan fingerprint density at radius 2 is 2.50 bits per heavy atom. The number of rotatable bonds is 2. The first-order chi connectivity index (χ1) is 6.68. The van der Waals surface area contributed by atoms with Crippen LogP contribution in [-0.2, 0) is 0 Å². The quantitative estimate of drug-likeness (QED) is 0.812. The van der Waals surface area contributed by atoms with E-state index in [0.29, 0.717) is 6.04 Å². The molecule has 2 N–H and O–H groups in total. The molecule has 1 fully saturated rings. The summed E-state index contributed by atoms with van der Waals surface area (Å²) in [5.41, 5.74) is 5.82. The van der Waals surface area contributed by atoms with Crippen molar-refractivity contribution >= 4 is 11.3 Å². The summed E-state index contributed by atoms with van der Waals surface area (Å²) in [6.07, 6.45) is 4.45. The molecule has 2 unspecified atom stereocenters. The van der Waals surface area contributed by atoms with Gasteiger partial charge in [-0.1, -0.05) is 0 Å². The third kappa shape index (κ3) is 1.82. The zero-order valence-corrected chi connectivity index (χ0v) is 9.55. The van der Waals surface area contributed by atoms with Crippen LogP contribution in [0.15, 0.2) is 6.20 Å². The Kier molecular flexibility index (Phi) is 2.85. The SMILES string of the molecule is CC(N)c1cnc(C2CCCN2C)s1. The lowest BCUT2D eigenvalue weighted by Crippen LogP contribution is -2.17. The van der Waals surface area contributed by atoms with Crippen molar-refractivity contribution in [1.29, 1.82) is 0 Å². The van der Waals surface area contributed by atoms with Crippen molar-refractivity contribution in [3.8, 4) is 0 Å². The van der Waals surface area contributed by atoms with Gasteiger partial charge >= 0.3 is 0 Å². The van der Waals surface area contributed by atoms with Crippen LogP contribution in [0.1, 0.15) is 41.7 Å². The van der Waals surface area contributed by atoms with Gasteiger partial charge in [0.25, 0.3) is 0 Å². The second-order valence-corrected chi connectivity index (χ2v) is 5.12. The highest BCUT2D eigenvalue weighted by Crippen LogP contribution is 2.33. The Labute approximate surface area is 88.9 Å². The molecule has 4 heteroatoms. The van der Waals surface area contributed by atoms with Crippen molar-refractivity contribution in [2.24, 2.45) is 5.73 Å². The lowest BCUT2D eigenvalue weighted by Gasteiger charge is -2.16. The Morgan fingerprint density at radius 1 is 1.71 bits per heavy atom. The molecule has 1 aromatic heterocycles. The van der Waals surface area contributed by atoms with Crippen molar-refractivity contribution in [3.63, 3.8) is 0 Å². The molecule has 78 valence electrons. The van der Waals surface area contributed by atoms with E-state index in [2.05, 4.69) is 16.9 Å². The summed E-state index contributed by atoms with van der Waals surface area (Å²) in [4.78, 5) is 8.04. The van der Waals surface area contributed by atoms with Gasteiger partial charge < -0.3 is 5.73 Å². The van der Waals surface area contributed by atoms with Gasteiger partial charge in [-0.05, 0) is 33.4 Å². The lowest BCUT2D eigenvalue weighted by atomic mass is 10.2. The van der Waals surface area contributed by atoms with Crippen molar-refractivity contribution in [1.82, 2.24) is 9.88 Å². The summed E-state index contributed by atoms with van der Waals surface area (Å²) in [6, 6.07) is 0.653. The van der Waals surface area contributed by atoms with E-state index in [1.807, 2.05) is 13.1 Å². The van der Waals surface area contributed by atoms with Crippen LogP contribution in [0.4, 0.5) is 0 Å². The van der Waals surface area contributed by atoms with Crippen molar-refractivity contribution in [2.75, 3.05) is 13.6 Å². The zero-order valence-electron chi connectivity index (χ0n) is 8.73. The van der Waals surface area contributed by atoms with Gasteiger partial charge in [0.2, 0.25) is 0 Å². The number of hydrogen-bond donors (Lipinski definition) is 1. The summed E-state index contributed by atoms with van der Waals surface area (Å²) >= 11 is 1.76. The fourth-order valence-corrected chi connectivity index (χ4v) is 2.96. The molecule has 3 nitrogen and oxygen atoms in total. The molecule has 1 aliphatic heterocycles. The van der Waals surface area contributed by atoms with Crippen LogP contribution in [0.3, 0.4) is 0 Å². The van der Waals surface area contributed by atoms with E-state index in [-0.39, 0.29) is 6.04 Å². The molecule has 0 radical (unpaired) electrons. The third-order valence-corrected chi connectivity index (χ3v) is 4.10. The average molecular weight is 211 g/mol. The fourth-order valence-electron chi connectivity index (χ4n) is 1.89. The molecule has 14 heavy (non-hydrogen) atoms. The fraction of sp³-hybridized carbons (Fsp3) is 0.700. The van der Waals surface area contributed by atoms with E-state index < -0.39 is 0 Å². The topological polar surface area (TPSA) is 42.1 Å². The van der Waals surface area contributed by atoms with Gasteiger partial charge in [0, 0.05) is 17.1 Å². The Morgan fingerprint density at radius 3 is 3.00 bits per heavy atom. The molecule has 0 saturated carbocycles. The predicted molar refractivity (Wildman–Crippen MR) is 59.3 cm³/mol. The van der Waals surface area contributed by atoms with E-state index in [1.54, 1.807) is 11.3 Å². The van der Waals surface area contributed by atoms with Crippen LogP contribution in [-0.4, -0.2) is 23.5 Å².